The summed E-state index contributed by atoms with van der Waals surface area (Å²) in [5.74, 6) is 1.28. The fourth-order valence-corrected chi connectivity index (χ4v) is 2.47. The molecule has 1 N–H and O–H groups in total. The van der Waals surface area contributed by atoms with E-state index >= 15 is 0 Å². The second-order valence-electron chi connectivity index (χ2n) is 5.39. The number of nitrogens with zero attached hydrogens (tertiary/aromatic N) is 1. The predicted octanol–water partition coefficient (Wildman–Crippen LogP) is 2.22. The molecule has 0 radical (unpaired) electrons. The molecule has 124 valence electrons. The fourth-order valence-electron chi connectivity index (χ4n) is 2.47. The van der Waals surface area contributed by atoms with Gasteiger partial charge in [0, 0.05) is 18.7 Å². The van der Waals surface area contributed by atoms with Crippen molar-refractivity contribution in [3.63, 3.8) is 0 Å². The minimum Gasteiger partial charge on any atom is -0.454 e. The van der Waals surface area contributed by atoms with Gasteiger partial charge in [0.25, 0.3) is 5.69 Å². The van der Waals surface area contributed by atoms with E-state index in [0.29, 0.717) is 18.5 Å². The Kier molecular flexibility index (Phi) is 4.60. The molecule has 0 saturated heterocycles. The van der Waals surface area contributed by atoms with Crippen molar-refractivity contribution in [1.82, 2.24) is 5.32 Å². The number of non-ortho nitro benzene ring substituents is 1. The molecule has 1 amide bonds. The Labute approximate surface area is 138 Å². The van der Waals surface area contributed by atoms with Crippen molar-refractivity contribution in [1.29, 1.82) is 0 Å². The molecule has 0 aliphatic carbocycles. The summed E-state index contributed by atoms with van der Waals surface area (Å²) < 4.78 is 10.6. The lowest BCUT2D eigenvalue weighted by molar-refractivity contribution is -0.384. The van der Waals surface area contributed by atoms with Crippen molar-refractivity contribution in [2.45, 2.75) is 12.8 Å². The van der Waals surface area contributed by atoms with Crippen molar-refractivity contribution in [3.05, 3.63) is 63.7 Å². The summed E-state index contributed by atoms with van der Waals surface area (Å²) in [7, 11) is 0. The van der Waals surface area contributed by atoms with E-state index < -0.39 is 4.92 Å². The number of carbonyl (C=O) groups excluding carboxylic acids is 1. The van der Waals surface area contributed by atoms with Crippen LogP contribution in [0.5, 0.6) is 11.5 Å². The lowest BCUT2D eigenvalue weighted by Crippen LogP contribution is -2.27. The first-order valence-electron chi connectivity index (χ1n) is 7.50. The Morgan fingerprint density at radius 2 is 1.96 bits per heavy atom. The molecular weight excluding hydrogens is 312 g/mol. The van der Waals surface area contributed by atoms with Gasteiger partial charge in [0.15, 0.2) is 11.5 Å². The Morgan fingerprint density at radius 1 is 1.12 bits per heavy atom. The van der Waals surface area contributed by atoms with E-state index in [4.69, 9.17) is 9.47 Å². The monoisotopic (exact) mass is 328 g/mol. The van der Waals surface area contributed by atoms with Gasteiger partial charge in [0.2, 0.25) is 12.7 Å². The first-order valence-corrected chi connectivity index (χ1v) is 7.50. The molecule has 7 nitrogen and oxygen atoms in total. The molecule has 0 saturated carbocycles. The molecule has 2 aromatic rings. The van der Waals surface area contributed by atoms with Gasteiger partial charge in [0.1, 0.15) is 0 Å². The van der Waals surface area contributed by atoms with Gasteiger partial charge in [-0.1, -0.05) is 18.2 Å². The number of hydrogen-bond donors (Lipinski definition) is 1. The zero-order chi connectivity index (χ0) is 16.9. The van der Waals surface area contributed by atoms with Crippen LogP contribution in [0.1, 0.15) is 11.1 Å². The average Bonchev–Trinajstić information content (AvgIpc) is 3.02. The van der Waals surface area contributed by atoms with E-state index in [0.717, 1.165) is 17.1 Å². The Hall–Kier alpha value is -3.09. The summed E-state index contributed by atoms with van der Waals surface area (Å²) in [4.78, 5) is 22.2. The molecule has 2 aromatic carbocycles. The number of amides is 1. The van der Waals surface area contributed by atoms with Crippen LogP contribution >= 0.6 is 0 Å². The Bertz CT molecular complexity index is 775. The normalized spacial score (nSPS) is 12.0. The predicted molar refractivity (Wildman–Crippen MR) is 86.1 cm³/mol. The maximum absolute atomic E-state index is 11.9. The van der Waals surface area contributed by atoms with Gasteiger partial charge in [-0.15, -0.1) is 0 Å². The average molecular weight is 328 g/mol. The first kappa shape index (κ1) is 15.8. The molecule has 1 aliphatic heterocycles. The molecule has 0 unspecified atom stereocenters. The maximum Gasteiger partial charge on any atom is 0.269 e. The lowest BCUT2D eigenvalue weighted by atomic mass is 10.1. The smallest absolute Gasteiger partial charge is 0.269 e. The number of fused-ring (bicyclic) bond motifs is 1. The largest absolute Gasteiger partial charge is 0.454 e. The van der Waals surface area contributed by atoms with Crippen molar-refractivity contribution in [2.75, 3.05) is 13.3 Å². The number of carbonyl (C=O) groups is 1. The highest BCUT2D eigenvalue weighted by molar-refractivity contribution is 5.78. The quantitative estimate of drug-likeness (QED) is 0.648. The van der Waals surface area contributed by atoms with Gasteiger partial charge in [-0.3, -0.25) is 14.9 Å². The van der Waals surface area contributed by atoms with E-state index in [9.17, 15) is 14.9 Å². The molecule has 3 rings (SSSR count). The standard InChI is InChI=1S/C17H16N2O5/c20-17(10-13-2-1-3-14(8-13)19(21)22)18-7-6-12-4-5-15-16(9-12)24-11-23-15/h1-5,8-9H,6-7,10-11H2,(H,18,20). The molecule has 7 heteroatoms. The van der Waals surface area contributed by atoms with Gasteiger partial charge < -0.3 is 14.8 Å². The highest BCUT2D eigenvalue weighted by Crippen LogP contribution is 2.32. The maximum atomic E-state index is 11.9. The number of nitro groups is 1. The molecule has 0 atom stereocenters. The summed E-state index contributed by atoms with van der Waals surface area (Å²) in [6.07, 6.45) is 0.778. The number of ether oxygens (including phenoxy) is 2. The van der Waals surface area contributed by atoms with Gasteiger partial charge in [-0.2, -0.15) is 0 Å². The molecule has 0 aromatic heterocycles. The highest BCUT2D eigenvalue weighted by Gasteiger charge is 2.13. The summed E-state index contributed by atoms with van der Waals surface area (Å²) in [5, 5.41) is 13.5. The van der Waals surface area contributed by atoms with E-state index in [2.05, 4.69) is 5.32 Å². The summed E-state index contributed by atoms with van der Waals surface area (Å²) in [6.45, 7) is 0.714. The topological polar surface area (TPSA) is 90.7 Å². The number of nitrogens with one attached hydrogen (secondary N) is 1. The number of benzene rings is 2. The second kappa shape index (κ2) is 6.99. The molecule has 1 heterocycles. The van der Waals surface area contributed by atoms with Crippen molar-refractivity contribution in [2.24, 2.45) is 0 Å². The van der Waals surface area contributed by atoms with Crippen LogP contribution in [0, 0.1) is 10.1 Å². The zero-order valence-corrected chi connectivity index (χ0v) is 12.9. The number of hydrogen-bond acceptors (Lipinski definition) is 5. The summed E-state index contributed by atoms with van der Waals surface area (Å²) in [6, 6.07) is 11.8. The van der Waals surface area contributed by atoms with Crippen LogP contribution in [0.2, 0.25) is 0 Å². The van der Waals surface area contributed by atoms with E-state index in [-0.39, 0.29) is 24.8 Å². The highest BCUT2D eigenvalue weighted by atomic mass is 16.7. The fraction of sp³-hybridized carbons (Fsp3) is 0.235. The summed E-state index contributed by atoms with van der Waals surface area (Å²) >= 11 is 0. The molecular formula is C17H16N2O5. The van der Waals surface area contributed by atoms with Crippen LogP contribution in [0.25, 0.3) is 0 Å². The number of rotatable bonds is 6. The van der Waals surface area contributed by atoms with Crippen LogP contribution in [-0.4, -0.2) is 24.2 Å². The van der Waals surface area contributed by atoms with Crippen LogP contribution < -0.4 is 14.8 Å². The van der Waals surface area contributed by atoms with E-state index in [1.54, 1.807) is 12.1 Å². The molecule has 0 spiro atoms. The molecule has 24 heavy (non-hydrogen) atoms. The molecule has 1 aliphatic rings. The van der Waals surface area contributed by atoms with Crippen molar-refractivity contribution in [3.8, 4) is 11.5 Å². The van der Waals surface area contributed by atoms with Gasteiger partial charge in [-0.25, -0.2) is 0 Å². The Morgan fingerprint density at radius 3 is 2.79 bits per heavy atom. The third kappa shape index (κ3) is 3.81. The van der Waals surface area contributed by atoms with Crippen molar-refractivity contribution >= 4 is 11.6 Å². The first-order chi connectivity index (χ1) is 11.6. The molecule has 0 fully saturated rings. The van der Waals surface area contributed by atoms with Gasteiger partial charge in [-0.05, 0) is 29.7 Å². The van der Waals surface area contributed by atoms with Crippen molar-refractivity contribution < 1.29 is 19.2 Å². The van der Waals surface area contributed by atoms with E-state index in [1.165, 1.54) is 12.1 Å². The lowest BCUT2D eigenvalue weighted by Gasteiger charge is -2.06. The third-order valence-electron chi connectivity index (χ3n) is 3.66. The van der Waals surface area contributed by atoms with Crippen LogP contribution in [0.3, 0.4) is 0 Å². The minimum absolute atomic E-state index is 0.0133. The SMILES string of the molecule is O=C(Cc1cccc([N+](=O)[O-])c1)NCCc1ccc2c(c1)OCO2. The zero-order valence-electron chi connectivity index (χ0n) is 12.9. The minimum atomic E-state index is -0.471. The molecule has 0 bridgehead atoms. The van der Waals surface area contributed by atoms with E-state index in [1.807, 2.05) is 18.2 Å². The number of nitro benzene ring substituents is 1. The van der Waals surface area contributed by atoms with Crippen LogP contribution in [0.15, 0.2) is 42.5 Å². The third-order valence-corrected chi connectivity index (χ3v) is 3.66. The van der Waals surface area contributed by atoms with Gasteiger partial charge in [0.05, 0.1) is 11.3 Å². The second-order valence-corrected chi connectivity index (χ2v) is 5.39. The Balaban J connectivity index is 1.49. The summed E-state index contributed by atoms with van der Waals surface area (Å²) in [5.41, 5.74) is 1.64. The van der Waals surface area contributed by atoms with Crippen LogP contribution in [-0.2, 0) is 17.6 Å². The van der Waals surface area contributed by atoms with Gasteiger partial charge >= 0.3 is 0 Å². The van der Waals surface area contributed by atoms with Crippen LogP contribution in [0.4, 0.5) is 5.69 Å².